The molecule has 35 heavy (non-hydrogen) atoms. The Morgan fingerprint density at radius 1 is 1.00 bits per heavy atom. The molecule has 1 aliphatic heterocycles. The van der Waals surface area contributed by atoms with Crippen LogP contribution >= 0.6 is 11.3 Å². The Labute approximate surface area is 208 Å². The third kappa shape index (κ3) is 5.96. The quantitative estimate of drug-likeness (QED) is 0.245. The maximum Gasteiger partial charge on any atom is 0.229 e. The fraction of sp³-hybridized carbons (Fsp3) is 0.400. The van der Waals surface area contributed by atoms with Crippen LogP contribution in [0.5, 0.6) is 0 Å². The fourth-order valence-corrected chi connectivity index (χ4v) is 5.00. The summed E-state index contributed by atoms with van der Waals surface area (Å²) in [5.74, 6) is 1.29. The number of hydrogen-bond acceptors (Lipinski definition) is 10. The molecule has 3 heterocycles. The number of hydrogen-bond donors (Lipinski definition) is 4. The Balaban J connectivity index is 1.30. The number of benzene rings is 2. The second-order valence-corrected chi connectivity index (χ2v) is 9.66. The van der Waals surface area contributed by atoms with Gasteiger partial charge in [0.15, 0.2) is 5.13 Å². The number of nitrogens with one attached hydrogen (secondary N) is 3. The highest BCUT2D eigenvalue weighted by molar-refractivity contribution is 7.22. The highest BCUT2D eigenvalue weighted by Gasteiger charge is 2.12. The number of ether oxygens (including phenoxy) is 1. The molecule has 0 aliphatic carbocycles. The zero-order valence-electron chi connectivity index (χ0n) is 19.9. The third-order valence-electron chi connectivity index (χ3n) is 5.93. The highest BCUT2D eigenvalue weighted by Crippen LogP contribution is 2.30. The molecular formula is C25H31N7O2S. The number of nitrogens with zero attached hydrogens (tertiary/aromatic N) is 4. The summed E-state index contributed by atoms with van der Waals surface area (Å²) in [7, 11) is 0. The smallest absolute Gasteiger partial charge is 0.229 e. The number of aromatic nitrogens is 3. The van der Waals surface area contributed by atoms with E-state index >= 15 is 0 Å². The molecule has 0 radical (unpaired) electrons. The predicted molar refractivity (Wildman–Crippen MR) is 143 cm³/mol. The van der Waals surface area contributed by atoms with Crippen LogP contribution in [0, 0.1) is 6.92 Å². The molecule has 0 atom stereocenters. The largest absolute Gasteiger partial charge is 0.396 e. The minimum Gasteiger partial charge on any atom is -0.396 e. The Morgan fingerprint density at radius 3 is 2.71 bits per heavy atom. The van der Waals surface area contributed by atoms with E-state index in [0.717, 1.165) is 82.7 Å². The summed E-state index contributed by atoms with van der Waals surface area (Å²) >= 11 is 1.65. The van der Waals surface area contributed by atoms with Gasteiger partial charge in [0, 0.05) is 50.4 Å². The Hall–Kier alpha value is -3.05. The lowest BCUT2D eigenvalue weighted by molar-refractivity contribution is 0.0398. The van der Waals surface area contributed by atoms with E-state index in [1.807, 2.05) is 24.3 Å². The second kappa shape index (κ2) is 11.1. The molecule has 0 bridgehead atoms. The Bertz CT molecular complexity index is 1290. The van der Waals surface area contributed by atoms with Gasteiger partial charge in [0.05, 0.1) is 28.9 Å². The minimum atomic E-state index is 0.138. The standard InChI is InChI=1S/C25H31N7O2S/c1-17-3-5-20-19(15-17)23(26-7-2-12-33)31-24(29-20)28-18-4-6-21-22(16-18)35-25(30-21)27-8-9-32-10-13-34-14-11-32/h3-6,15-16,33H,2,7-14H2,1H3,(H,27,30)(H2,26,28,29,31). The maximum atomic E-state index is 9.15. The predicted octanol–water partition coefficient (Wildman–Crippen LogP) is 3.83. The van der Waals surface area contributed by atoms with E-state index in [0.29, 0.717) is 18.9 Å². The molecule has 4 aromatic rings. The van der Waals surface area contributed by atoms with Crippen molar-refractivity contribution in [3.8, 4) is 0 Å². The van der Waals surface area contributed by atoms with Crippen LogP contribution in [-0.2, 0) is 4.74 Å². The fourth-order valence-electron chi connectivity index (χ4n) is 4.07. The van der Waals surface area contributed by atoms with E-state index in [1.165, 1.54) is 0 Å². The zero-order chi connectivity index (χ0) is 24.0. The first-order valence-corrected chi connectivity index (χ1v) is 12.8. The summed E-state index contributed by atoms with van der Waals surface area (Å²) in [4.78, 5) is 16.6. The van der Waals surface area contributed by atoms with Gasteiger partial charge in [0.25, 0.3) is 0 Å². The van der Waals surface area contributed by atoms with Gasteiger partial charge >= 0.3 is 0 Å². The lowest BCUT2D eigenvalue weighted by atomic mass is 10.1. The zero-order valence-corrected chi connectivity index (χ0v) is 20.7. The summed E-state index contributed by atoms with van der Waals surface area (Å²) < 4.78 is 6.51. The van der Waals surface area contributed by atoms with E-state index in [-0.39, 0.29) is 6.61 Å². The first-order valence-electron chi connectivity index (χ1n) is 12.0. The molecule has 0 unspecified atom stereocenters. The normalized spacial score (nSPS) is 14.5. The van der Waals surface area contributed by atoms with Crippen molar-refractivity contribution in [3.63, 3.8) is 0 Å². The second-order valence-electron chi connectivity index (χ2n) is 8.63. The number of morpholine rings is 1. The maximum absolute atomic E-state index is 9.15. The lowest BCUT2D eigenvalue weighted by Crippen LogP contribution is -2.38. The van der Waals surface area contributed by atoms with Gasteiger partial charge in [0.2, 0.25) is 5.95 Å². The van der Waals surface area contributed by atoms with Crippen molar-refractivity contribution in [3.05, 3.63) is 42.0 Å². The molecule has 4 N–H and O–H groups in total. The molecule has 9 nitrogen and oxygen atoms in total. The first kappa shape index (κ1) is 23.7. The van der Waals surface area contributed by atoms with E-state index in [4.69, 9.17) is 24.8 Å². The average molecular weight is 494 g/mol. The van der Waals surface area contributed by atoms with E-state index < -0.39 is 0 Å². The molecule has 1 saturated heterocycles. The number of rotatable bonds is 10. The van der Waals surface area contributed by atoms with Gasteiger partial charge in [-0.05, 0) is 43.7 Å². The van der Waals surface area contributed by atoms with Crippen molar-refractivity contribution in [1.82, 2.24) is 19.9 Å². The van der Waals surface area contributed by atoms with Crippen molar-refractivity contribution >= 4 is 55.0 Å². The van der Waals surface area contributed by atoms with Crippen LogP contribution in [0.1, 0.15) is 12.0 Å². The molecule has 1 aliphatic rings. The van der Waals surface area contributed by atoms with Crippen LogP contribution in [-0.4, -0.2) is 77.5 Å². The van der Waals surface area contributed by atoms with E-state index in [2.05, 4.69) is 39.9 Å². The van der Waals surface area contributed by atoms with Gasteiger partial charge in [-0.1, -0.05) is 23.0 Å². The highest BCUT2D eigenvalue weighted by atomic mass is 32.1. The van der Waals surface area contributed by atoms with Crippen LogP contribution in [0.15, 0.2) is 36.4 Å². The summed E-state index contributed by atoms with van der Waals surface area (Å²) in [6.45, 7) is 8.30. The average Bonchev–Trinajstić information content (AvgIpc) is 3.27. The van der Waals surface area contributed by atoms with Crippen molar-refractivity contribution in [2.24, 2.45) is 0 Å². The first-order chi connectivity index (χ1) is 17.2. The molecular weight excluding hydrogens is 462 g/mol. The SMILES string of the molecule is Cc1ccc2nc(Nc3ccc4nc(NCCN5CCOCC5)sc4c3)nc(NCCCO)c2c1. The van der Waals surface area contributed by atoms with Crippen LogP contribution < -0.4 is 16.0 Å². The summed E-state index contributed by atoms with van der Waals surface area (Å²) in [6, 6.07) is 12.2. The summed E-state index contributed by atoms with van der Waals surface area (Å²) in [5.41, 5.74) is 3.90. The molecule has 1 fully saturated rings. The Morgan fingerprint density at radius 2 is 1.86 bits per heavy atom. The molecule has 2 aromatic heterocycles. The van der Waals surface area contributed by atoms with Crippen LogP contribution in [0.3, 0.4) is 0 Å². The summed E-state index contributed by atoms with van der Waals surface area (Å²) in [5, 5.41) is 21.2. The van der Waals surface area contributed by atoms with Crippen molar-refractivity contribution < 1.29 is 9.84 Å². The molecule has 0 saturated carbocycles. The minimum absolute atomic E-state index is 0.138. The van der Waals surface area contributed by atoms with Crippen LogP contribution in [0.4, 0.5) is 22.6 Å². The number of thiazole rings is 1. The lowest BCUT2D eigenvalue weighted by Gasteiger charge is -2.26. The van der Waals surface area contributed by atoms with Crippen molar-refractivity contribution in [2.75, 3.05) is 68.5 Å². The van der Waals surface area contributed by atoms with Gasteiger partial charge in [-0.25, -0.2) is 9.97 Å². The van der Waals surface area contributed by atoms with Crippen LogP contribution in [0.25, 0.3) is 21.1 Å². The molecule has 5 rings (SSSR count). The van der Waals surface area contributed by atoms with E-state index in [1.54, 1.807) is 11.3 Å². The van der Waals surface area contributed by atoms with Gasteiger partial charge in [-0.15, -0.1) is 0 Å². The van der Waals surface area contributed by atoms with Gasteiger partial charge < -0.3 is 25.8 Å². The molecule has 0 spiro atoms. The molecule has 184 valence electrons. The number of aliphatic hydroxyl groups is 1. The monoisotopic (exact) mass is 493 g/mol. The van der Waals surface area contributed by atoms with Crippen LogP contribution in [0.2, 0.25) is 0 Å². The van der Waals surface area contributed by atoms with Gasteiger partial charge in [-0.2, -0.15) is 4.98 Å². The topological polar surface area (TPSA) is 107 Å². The number of aryl methyl sites for hydroxylation is 1. The van der Waals surface area contributed by atoms with Gasteiger partial charge in [-0.3, -0.25) is 4.90 Å². The number of aliphatic hydroxyl groups excluding tert-OH is 1. The Kier molecular flexibility index (Phi) is 7.53. The third-order valence-corrected chi connectivity index (χ3v) is 6.91. The van der Waals surface area contributed by atoms with Crippen molar-refractivity contribution in [2.45, 2.75) is 13.3 Å². The summed E-state index contributed by atoms with van der Waals surface area (Å²) in [6.07, 6.45) is 0.658. The molecule has 10 heteroatoms. The number of anilines is 4. The number of fused-ring (bicyclic) bond motifs is 2. The van der Waals surface area contributed by atoms with Gasteiger partial charge in [0.1, 0.15) is 5.82 Å². The molecule has 2 aromatic carbocycles. The van der Waals surface area contributed by atoms with E-state index in [9.17, 15) is 0 Å². The van der Waals surface area contributed by atoms with Crippen molar-refractivity contribution in [1.29, 1.82) is 0 Å². The molecule has 0 amide bonds.